The minimum absolute atomic E-state index is 0.0751. The minimum atomic E-state index is -0.406. The molecule has 0 N–H and O–H groups in total. The van der Waals surface area contributed by atoms with E-state index in [0.29, 0.717) is 24.0 Å². The maximum absolute atomic E-state index is 12.9. The third-order valence-electron chi connectivity index (χ3n) is 6.60. The zero-order valence-electron chi connectivity index (χ0n) is 21.0. The highest BCUT2D eigenvalue weighted by Gasteiger charge is 2.31. The number of hydrogen-bond acceptors (Lipinski definition) is 4. The molecule has 3 unspecified atom stereocenters. The quantitative estimate of drug-likeness (QED) is 0.216. The van der Waals surface area contributed by atoms with Gasteiger partial charge in [0, 0.05) is 11.8 Å². The summed E-state index contributed by atoms with van der Waals surface area (Å²) in [5.74, 6) is -0.871. The van der Waals surface area contributed by atoms with Gasteiger partial charge in [0.05, 0.1) is 17.7 Å². The van der Waals surface area contributed by atoms with Gasteiger partial charge >= 0.3 is 11.9 Å². The Morgan fingerprint density at radius 3 is 1.54 bits per heavy atom. The van der Waals surface area contributed by atoms with E-state index in [1.807, 2.05) is 79.7 Å². The number of benzene rings is 4. The van der Waals surface area contributed by atoms with Gasteiger partial charge in [0.25, 0.3) is 0 Å². The summed E-state index contributed by atoms with van der Waals surface area (Å²) in [6, 6.07) is 38.3. The second kappa shape index (κ2) is 13.2. The largest absolute Gasteiger partial charge is 0.462 e. The lowest BCUT2D eigenvalue weighted by atomic mass is 9.80. The van der Waals surface area contributed by atoms with Crippen molar-refractivity contribution in [3.8, 4) is 0 Å². The molecule has 0 spiro atoms. The predicted molar refractivity (Wildman–Crippen MR) is 145 cm³/mol. The first-order valence-electron chi connectivity index (χ1n) is 12.7. The first-order chi connectivity index (χ1) is 18.1. The van der Waals surface area contributed by atoms with Crippen molar-refractivity contribution < 1.29 is 19.1 Å². The highest BCUT2D eigenvalue weighted by atomic mass is 16.5. The smallest absolute Gasteiger partial charge is 0.338 e. The average molecular weight is 493 g/mol. The van der Waals surface area contributed by atoms with Crippen molar-refractivity contribution in [2.45, 2.75) is 25.9 Å². The van der Waals surface area contributed by atoms with Gasteiger partial charge < -0.3 is 9.47 Å². The molecule has 3 atom stereocenters. The van der Waals surface area contributed by atoms with Crippen molar-refractivity contribution in [1.82, 2.24) is 0 Å². The highest BCUT2D eigenvalue weighted by Crippen LogP contribution is 2.28. The molecule has 0 heterocycles. The van der Waals surface area contributed by atoms with E-state index in [9.17, 15) is 9.59 Å². The lowest BCUT2D eigenvalue weighted by molar-refractivity contribution is -0.00336. The van der Waals surface area contributed by atoms with Crippen LogP contribution in [0.25, 0.3) is 0 Å². The molecule has 4 aromatic rings. The van der Waals surface area contributed by atoms with Crippen LogP contribution in [0.5, 0.6) is 0 Å². The Balaban J connectivity index is 1.59. The molecule has 0 amide bonds. The molecule has 0 saturated carbocycles. The van der Waals surface area contributed by atoms with Crippen LogP contribution in [0.2, 0.25) is 0 Å². The molecule has 0 aliphatic heterocycles. The summed E-state index contributed by atoms with van der Waals surface area (Å²) in [4.78, 5) is 25.7. The van der Waals surface area contributed by atoms with Gasteiger partial charge in [-0.25, -0.2) is 9.59 Å². The second-order valence-electron chi connectivity index (χ2n) is 9.24. The van der Waals surface area contributed by atoms with Gasteiger partial charge in [-0.1, -0.05) is 97.1 Å². The first kappa shape index (κ1) is 25.9. The van der Waals surface area contributed by atoms with Crippen LogP contribution in [0.15, 0.2) is 121 Å². The average Bonchev–Trinajstić information content (AvgIpc) is 2.96. The molecule has 4 rings (SSSR count). The van der Waals surface area contributed by atoms with Gasteiger partial charge in [0.15, 0.2) is 0 Å². The fourth-order valence-electron chi connectivity index (χ4n) is 4.59. The van der Waals surface area contributed by atoms with Gasteiger partial charge in [-0.2, -0.15) is 0 Å². The van der Waals surface area contributed by atoms with E-state index in [1.165, 1.54) is 0 Å². The molecule has 0 fully saturated rings. The van der Waals surface area contributed by atoms with Crippen LogP contribution in [-0.2, 0) is 22.3 Å². The van der Waals surface area contributed by atoms with Crippen LogP contribution in [0, 0.1) is 11.8 Å². The Labute approximate surface area is 218 Å². The van der Waals surface area contributed by atoms with E-state index in [-0.39, 0.29) is 30.4 Å². The Morgan fingerprint density at radius 1 is 0.595 bits per heavy atom. The number of carbonyl (C=O) groups is 2. The maximum atomic E-state index is 12.9. The van der Waals surface area contributed by atoms with Crippen LogP contribution < -0.4 is 0 Å². The molecule has 4 nitrogen and oxygen atoms in total. The number of carbonyl (C=O) groups excluding carboxylic acids is 2. The zero-order chi connectivity index (χ0) is 25.9. The van der Waals surface area contributed by atoms with Crippen LogP contribution >= 0.6 is 0 Å². The maximum Gasteiger partial charge on any atom is 0.338 e. The summed E-state index contributed by atoms with van der Waals surface area (Å²) in [6.45, 7) is 2.15. The minimum Gasteiger partial charge on any atom is -0.462 e. The van der Waals surface area contributed by atoms with Crippen molar-refractivity contribution in [2.75, 3.05) is 6.61 Å². The molecule has 188 valence electrons. The molecular formula is C33H32O4. The topological polar surface area (TPSA) is 52.6 Å². The monoisotopic (exact) mass is 492 g/mol. The van der Waals surface area contributed by atoms with Crippen molar-refractivity contribution in [1.29, 1.82) is 0 Å². The van der Waals surface area contributed by atoms with Crippen molar-refractivity contribution in [3.63, 3.8) is 0 Å². The Bertz CT molecular complexity index is 1240. The molecule has 0 aliphatic carbocycles. The van der Waals surface area contributed by atoms with Crippen molar-refractivity contribution in [2.24, 2.45) is 11.8 Å². The normalized spacial score (nSPS) is 13.2. The van der Waals surface area contributed by atoms with Crippen LogP contribution in [0.1, 0.15) is 38.8 Å². The predicted octanol–water partition coefficient (Wildman–Crippen LogP) is 6.81. The Kier molecular flexibility index (Phi) is 9.25. The lowest BCUT2D eigenvalue weighted by Gasteiger charge is -2.32. The summed E-state index contributed by atoms with van der Waals surface area (Å²) >= 11 is 0. The molecule has 0 saturated heterocycles. The molecule has 0 bridgehead atoms. The molecule has 0 radical (unpaired) electrons. The van der Waals surface area contributed by atoms with E-state index in [1.54, 1.807) is 24.3 Å². The van der Waals surface area contributed by atoms with Gasteiger partial charge in [-0.3, -0.25) is 0 Å². The van der Waals surface area contributed by atoms with E-state index >= 15 is 0 Å². The fourth-order valence-corrected chi connectivity index (χ4v) is 4.59. The summed E-state index contributed by atoms with van der Waals surface area (Å²) in [7, 11) is 0. The zero-order valence-corrected chi connectivity index (χ0v) is 21.0. The lowest BCUT2D eigenvalue weighted by Crippen LogP contribution is -2.36. The molecular weight excluding hydrogens is 460 g/mol. The molecule has 0 aromatic heterocycles. The third kappa shape index (κ3) is 7.65. The van der Waals surface area contributed by atoms with Crippen molar-refractivity contribution >= 4 is 11.9 Å². The number of ether oxygens (including phenoxy) is 2. The summed E-state index contributed by atoms with van der Waals surface area (Å²) in [5, 5.41) is 0. The number of esters is 2. The number of rotatable bonds is 11. The van der Waals surface area contributed by atoms with Crippen LogP contribution in [0.4, 0.5) is 0 Å². The molecule has 37 heavy (non-hydrogen) atoms. The SMILES string of the molecule is CC(OC(=O)c1ccccc1)C(Cc1ccccc1)C(COC(=O)c1ccccc1)Cc1ccccc1. The third-order valence-corrected chi connectivity index (χ3v) is 6.60. The van der Waals surface area contributed by atoms with E-state index in [2.05, 4.69) is 24.3 Å². The van der Waals surface area contributed by atoms with E-state index < -0.39 is 6.10 Å². The van der Waals surface area contributed by atoms with E-state index in [4.69, 9.17) is 9.47 Å². The highest BCUT2D eigenvalue weighted by molar-refractivity contribution is 5.89. The van der Waals surface area contributed by atoms with Crippen LogP contribution in [-0.4, -0.2) is 24.6 Å². The summed E-state index contributed by atoms with van der Waals surface area (Å²) in [6.07, 6.45) is 0.968. The van der Waals surface area contributed by atoms with Gasteiger partial charge in [0.1, 0.15) is 6.10 Å². The summed E-state index contributed by atoms with van der Waals surface area (Å²) in [5.41, 5.74) is 3.32. The van der Waals surface area contributed by atoms with Gasteiger partial charge in [0.2, 0.25) is 0 Å². The van der Waals surface area contributed by atoms with E-state index in [0.717, 1.165) is 11.1 Å². The molecule has 4 aromatic carbocycles. The fraction of sp³-hybridized carbons (Fsp3) is 0.212. The van der Waals surface area contributed by atoms with Gasteiger partial charge in [-0.15, -0.1) is 0 Å². The second-order valence-corrected chi connectivity index (χ2v) is 9.24. The first-order valence-corrected chi connectivity index (χ1v) is 12.7. The Hall–Kier alpha value is -4.18. The molecule has 0 aliphatic rings. The standard InChI is InChI=1S/C33H32O4/c1-25(37-33(35)29-20-12-5-13-21-29)31(23-27-16-8-3-9-17-27)30(22-26-14-6-2-7-15-26)24-36-32(34)28-18-10-4-11-19-28/h2-21,25,30-31H,22-24H2,1H3. The van der Waals surface area contributed by atoms with Gasteiger partial charge in [-0.05, 0) is 55.2 Å². The van der Waals surface area contributed by atoms with Crippen molar-refractivity contribution in [3.05, 3.63) is 144 Å². The Morgan fingerprint density at radius 2 is 1.03 bits per heavy atom. The summed E-state index contributed by atoms with van der Waals surface area (Å²) < 4.78 is 11.8. The van der Waals surface area contributed by atoms with Crippen LogP contribution in [0.3, 0.4) is 0 Å². The number of hydrogen-bond donors (Lipinski definition) is 0. The molecule has 4 heteroatoms.